The van der Waals surface area contributed by atoms with Gasteiger partial charge < -0.3 is 0 Å². The van der Waals surface area contributed by atoms with E-state index < -0.39 is 10.0 Å². The van der Waals surface area contributed by atoms with Crippen LogP contribution in [0.15, 0.2) is 52.5 Å². The molecule has 1 saturated carbocycles. The van der Waals surface area contributed by atoms with Crippen LogP contribution in [0.25, 0.3) is 16.5 Å². The first-order valence-electron chi connectivity index (χ1n) is 10.1. The Morgan fingerprint density at radius 3 is 2.70 bits per heavy atom. The average molecular weight is 439 g/mol. The molecule has 0 saturated heterocycles. The number of halogens is 1. The van der Waals surface area contributed by atoms with Crippen LogP contribution in [0.4, 0.5) is 0 Å². The van der Waals surface area contributed by atoms with Crippen molar-refractivity contribution in [3.05, 3.63) is 64.3 Å². The molecule has 1 spiro atoms. The van der Waals surface area contributed by atoms with Crippen LogP contribution in [0.5, 0.6) is 0 Å². The zero-order valence-electron chi connectivity index (χ0n) is 16.4. The van der Waals surface area contributed by atoms with Crippen molar-refractivity contribution < 1.29 is 13.2 Å². The fraction of sp³-hybridized carbons (Fsp3) is 0.304. The minimum absolute atomic E-state index is 0.0238. The lowest BCUT2D eigenvalue weighted by Gasteiger charge is -2.30. The van der Waals surface area contributed by atoms with Gasteiger partial charge in [0.25, 0.3) is 10.0 Å². The predicted molar refractivity (Wildman–Crippen MR) is 115 cm³/mol. The zero-order valence-corrected chi connectivity index (χ0v) is 17.9. The number of allylic oxidation sites excluding steroid dienone is 2. The van der Waals surface area contributed by atoms with Gasteiger partial charge in [0.1, 0.15) is 0 Å². The third kappa shape index (κ3) is 2.26. The number of aromatic nitrogens is 2. The van der Waals surface area contributed by atoms with Crippen LogP contribution in [0.3, 0.4) is 0 Å². The van der Waals surface area contributed by atoms with E-state index in [0.717, 1.165) is 57.4 Å². The topological polar surface area (TPSA) is 69.0 Å². The molecule has 5 nitrogen and oxygen atoms in total. The second kappa shape index (κ2) is 5.83. The third-order valence-electron chi connectivity index (χ3n) is 7.07. The van der Waals surface area contributed by atoms with Gasteiger partial charge >= 0.3 is 0 Å². The van der Waals surface area contributed by atoms with Crippen LogP contribution >= 0.6 is 11.6 Å². The van der Waals surface area contributed by atoms with E-state index in [1.165, 1.54) is 0 Å². The van der Waals surface area contributed by atoms with Gasteiger partial charge in [-0.15, -0.1) is 0 Å². The molecule has 0 radical (unpaired) electrons. The molecule has 152 valence electrons. The number of carbonyl (C=O) groups excluding carboxylic acids is 1. The highest BCUT2D eigenvalue weighted by atomic mass is 35.5. The summed E-state index contributed by atoms with van der Waals surface area (Å²) in [5.74, 6) is 0.0843. The second-order valence-corrected chi connectivity index (χ2v) is 11.0. The Hall–Kier alpha value is -2.44. The van der Waals surface area contributed by atoms with Crippen LogP contribution in [0.1, 0.15) is 36.0 Å². The Morgan fingerprint density at radius 2 is 1.93 bits per heavy atom. The van der Waals surface area contributed by atoms with Crippen molar-refractivity contribution in [1.29, 1.82) is 0 Å². The molecule has 0 aliphatic heterocycles. The summed E-state index contributed by atoms with van der Waals surface area (Å²) in [5.41, 5.74) is 4.54. The molecule has 2 unspecified atom stereocenters. The Labute approximate surface area is 179 Å². The minimum Gasteiger partial charge on any atom is -0.293 e. The van der Waals surface area contributed by atoms with Crippen molar-refractivity contribution in [3.63, 3.8) is 0 Å². The largest absolute Gasteiger partial charge is 0.293 e. The van der Waals surface area contributed by atoms with E-state index in [9.17, 15) is 13.2 Å². The number of aryl methyl sites for hydroxylation is 1. The maximum absolute atomic E-state index is 13.1. The molecule has 30 heavy (non-hydrogen) atoms. The van der Waals surface area contributed by atoms with Gasteiger partial charge in [0.2, 0.25) is 0 Å². The first kappa shape index (κ1) is 18.3. The average Bonchev–Trinajstić information content (AvgIpc) is 3.41. The number of fused-ring (bicyclic) bond motifs is 5. The van der Waals surface area contributed by atoms with Crippen molar-refractivity contribution in [2.75, 3.05) is 0 Å². The normalized spacial score (nSPS) is 25.1. The summed E-state index contributed by atoms with van der Waals surface area (Å²) < 4.78 is 27.3. The fourth-order valence-corrected chi connectivity index (χ4v) is 7.19. The Bertz CT molecular complexity index is 1400. The van der Waals surface area contributed by atoms with E-state index in [1.807, 2.05) is 19.1 Å². The molecule has 1 heterocycles. The molecule has 2 bridgehead atoms. The zero-order chi connectivity index (χ0) is 20.8. The van der Waals surface area contributed by atoms with Crippen molar-refractivity contribution in [2.24, 2.45) is 11.3 Å². The van der Waals surface area contributed by atoms with Gasteiger partial charge in [0, 0.05) is 16.7 Å². The van der Waals surface area contributed by atoms with Crippen molar-refractivity contribution in [1.82, 2.24) is 9.19 Å². The second-order valence-electron chi connectivity index (χ2n) is 8.79. The Morgan fingerprint density at radius 1 is 1.17 bits per heavy atom. The lowest BCUT2D eigenvalue weighted by atomic mass is 9.74. The van der Waals surface area contributed by atoms with Gasteiger partial charge in [-0.05, 0) is 67.5 Å². The number of hydrogen-bond acceptors (Lipinski definition) is 4. The summed E-state index contributed by atoms with van der Waals surface area (Å²) >= 11 is 6.56. The first-order valence-corrected chi connectivity index (χ1v) is 11.9. The standard InChI is InChI=1S/C23H19ClN2O3S/c1-13-2-4-15(5-3-13)30(28,29)26-12-18-17-11-23-9-8-14(10-23)22(27)21(24)20(23)16(17)6-7-19(18)25-26/h2-7,12,14H,8-11H2,1H3. The number of hydrogen-bond donors (Lipinski definition) is 0. The summed E-state index contributed by atoms with van der Waals surface area (Å²) in [6.07, 6.45) is 5.05. The van der Waals surface area contributed by atoms with Gasteiger partial charge in [0.15, 0.2) is 5.78 Å². The number of ketones is 1. The van der Waals surface area contributed by atoms with E-state index in [4.69, 9.17) is 11.6 Å². The maximum Gasteiger partial charge on any atom is 0.282 e. The predicted octanol–water partition coefficient (Wildman–Crippen LogP) is 4.46. The lowest BCUT2D eigenvalue weighted by molar-refractivity contribution is -0.118. The van der Waals surface area contributed by atoms with E-state index in [1.54, 1.807) is 30.5 Å². The van der Waals surface area contributed by atoms with Crippen LogP contribution in [0, 0.1) is 18.3 Å². The summed E-state index contributed by atoms with van der Waals surface area (Å²) in [4.78, 5) is 12.8. The van der Waals surface area contributed by atoms with E-state index in [2.05, 4.69) is 5.10 Å². The Kier molecular flexibility index (Phi) is 3.56. The maximum atomic E-state index is 13.1. The summed E-state index contributed by atoms with van der Waals surface area (Å²) in [5, 5.41) is 5.58. The fourth-order valence-electron chi connectivity index (χ4n) is 5.60. The highest BCUT2D eigenvalue weighted by Gasteiger charge is 2.54. The number of benzene rings is 2. The lowest BCUT2D eigenvalue weighted by Crippen LogP contribution is -2.25. The van der Waals surface area contributed by atoms with Crippen LogP contribution in [-0.2, 0) is 21.2 Å². The monoisotopic (exact) mass is 438 g/mol. The quantitative estimate of drug-likeness (QED) is 0.592. The van der Waals surface area contributed by atoms with Crippen molar-refractivity contribution in [3.8, 4) is 0 Å². The first-order chi connectivity index (χ1) is 14.3. The van der Waals surface area contributed by atoms with Crippen LogP contribution < -0.4 is 0 Å². The van der Waals surface area contributed by atoms with E-state index in [0.29, 0.717) is 10.5 Å². The SMILES string of the molecule is Cc1ccc(S(=O)(=O)n2cc3c4c(ccc3n2)C2=C(Cl)C(=O)C3CCC2(C4)C3)cc1. The molecule has 1 fully saturated rings. The van der Waals surface area contributed by atoms with Crippen molar-refractivity contribution in [2.45, 2.75) is 37.5 Å². The molecule has 1 aromatic heterocycles. The number of Topliss-reactive ketones (excluding diaryl/α,β-unsaturated/α-hetero) is 1. The van der Waals surface area contributed by atoms with E-state index >= 15 is 0 Å². The third-order valence-corrected chi connectivity index (χ3v) is 9.00. The van der Waals surface area contributed by atoms with Gasteiger partial charge in [-0.1, -0.05) is 35.4 Å². The summed E-state index contributed by atoms with van der Waals surface area (Å²) in [6.45, 7) is 1.92. The number of rotatable bonds is 2. The number of carbonyl (C=O) groups is 1. The molecule has 2 atom stereocenters. The minimum atomic E-state index is -3.78. The highest BCUT2D eigenvalue weighted by Crippen LogP contribution is 2.63. The van der Waals surface area contributed by atoms with Crippen molar-refractivity contribution >= 4 is 43.9 Å². The van der Waals surface area contributed by atoms with E-state index in [-0.39, 0.29) is 22.0 Å². The van der Waals surface area contributed by atoms with Crippen LogP contribution in [-0.4, -0.2) is 23.4 Å². The molecule has 3 aromatic rings. The summed E-state index contributed by atoms with van der Waals surface area (Å²) in [7, 11) is -3.78. The smallest absolute Gasteiger partial charge is 0.282 e. The molecule has 6 rings (SSSR count). The molecular weight excluding hydrogens is 420 g/mol. The summed E-state index contributed by atoms with van der Waals surface area (Å²) in [6, 6.07) is 10.5. The Balaban J connectivity index is 1.54. The highest BCUT2D eigenvalue weighted by molar-refractivity contribution is 7.89. The van der Waals surface area contributed by atoms with Gasteiger partial charge in [0.05, 0.1) is 21.6 Å². The molecule has 7 heteroatoms. The van der Waals surface area contributed by atoms with Crippen LogP contribution in [0.2, 0.25) is 0 Å². The molecule has 0 amide bonds. The number of nitrogens with zero attached hydrogens (tertiary/aromatic N) is 2. The molecule has 3 aliphatic carbocycles. The molecule has 2 aromatic carbocycles. The van der Waals surface area contributed by atoms with Gasteiger partial charge in [-0.3, -0.25) is 4.79 Å². The molecule has 3 aliphatic rings. The molecular formula is C23H19ClN2O3S. The van der Waals surface area contributed by atoms with Gasteiger partial charge in [-0.25, -0.2) is 0 Å². The molecule has 0 N–H and O–H groups in total. The van der Waals surface area contributed by atoms with Gasteiger partial charge in [-0.2, -0.15) is 17.6 Å².